The van der Waals surface area contributed by atoms with E-state index in [9.17, 15) is 9.18 Å². The standard InChI is InChI=1S/C15H13FN2O/c1-8-5-9(2)17-13(8)7-12-11-4-3-10(16)6-14(11)18-15(12)19/h3-7,17H,1-2H3,(H,18,19)/b12-7+. The summed E-state index contributed by atoms with van der Waals surface area (Å²) in [4.78, 5) is 15.2. The summed E-state index contributed by atoms with van der Waals surface area (Å²) in [6.45, 7) is 3.95. The molecule has 3 nitrogen and oxygen atoms in total. The number of aryl methyl sites for hydroxylation is 2. The molecule has 4 heteroatoms. The van der Waals surface area contributed by atoms with Gasteiger partial charge in [-0.3, -0.25) is 4.79 Å². The van der Waals surface area contributed by atoms with E-state index in [1.165, 1.54) is 12.1 Å². The van der Waals surface area contributed by atoms with Gasteiger partial charge in [-0.15, -0.1) is 0 Å². The van der Waals surface area contributed by atoms with Crippen LogP contribution in [0.5, 0.6) is 0 Å². The van der Waals surface area contributed by atoms with Gasteiger partial charge in [0.1, 0.15) is 5.82 Å². The minimum absolute atomic E-state index is 0.202. The van der Waals surface area contributed by atoms with E-state index in [1.54, 1.807) is 12.1 Å². The van der Waals surface area contributed by atoms with Gasteiger partial charge in [0.25, 0.3) is 5.91 Å². The molecule has 1 aliphatic rings. The lowest BCUT2D eigenvalue weighted by atomic mass is 10.1. The van der Waals surface area contributed by atoms with Gasteiger partial charge in [-0.1, -0.05) is 0 Å². The Kier molecular flexibility index (Phi) is 2.52. The van der Waals surface area contributed by atoms with Crippen molar-refractivity contribution >= 4 is 23.2 Å². The highest BCUT2D eigenvalue weighted by molar-refractivity contribution is 6.34. The van der Waals surface area contributed by atoms with E-state index in [2.05, 4.69) is 10.3 Å². The third kappa shape index (κ3) is 1.95. The van der Waals surface area contributed by atoms with Gasteiger partial charge in [-0.05, 0) is 49.8 Å². The van der Waals surface area contributed by atoms with Crippen LogP contribution in [0.3, 0.4) is 0 Å². The number of hydrogen-bond donors (Lipinski definition) is 2. The number of halogens is 1. The van der Waals surface area contributed by atoms with Gasteiger partial charge < -0.3 is 10.3 Å². The fourth-order valence-corrected chi connectivity index (χ4v) is 2.35. The topological polar surface area (TPSA) is 44.9 Å². The summed E-state index contributed by atoms with van der Waals surface area (Å²) in [5, 5.41) is 2.67. The van der Waals surface area contributed by atoms with Crippen molar-refractivity contribution in [3.8, 4) is 0 Å². The van der Waals surface area contributed by atoms with Gasteiger partial charge in [0, 0.05) is 17.0 Å². The average molecular weight is 256 g/mol. The lowest BCUT2D eigenvalue weighted by Gasteiger charge is -1.98. The van der Waals surface area contributed by atoms with Crippen LogP contribution in [0.2, 0.25) is 0 Å². The molecule has 96 valence electrons. The number of nitrogens with one attached hydrogen (secondary N) is 2. The number of aromatic nitrogens is 1. The molecule has 2 N–H and O–H groups in total. The van der Waals surface area contributed by atoms with Crippen molar-refractivity contribution in [3.05, 3.63) is 52.6 Å². The van der Waals surface area contributed by atoms with Crippen LogP contribution in [0.15, 0.2) is 24.3 Å². The van der Waals surface area contributed by atoms with Gasteiger partial charge in [0.2, 0.25) is 0 Å². The molecule has 2 heterocycles. The molecule has 3 rings (SSSR count). The molecule has 0 atom stereocenters. The maximum atomic E-state index is 13.1. The first-order valence-electron chi connectivity index (χ1n) is 6.04. The van der Waals surface area contributed by atoms with E-state index in [0.29, 0.717) is 11.3 Å². The number of H-pyrrole nitrogens is 1. The first kappa shape index (κ1) is 11.7. The van der Waals surface area contributed by atoms with Crippen molar-refractivity contribution < 1.29 is 9.18 Å². The van der Waals surface area contributed by atoms with E-state index in [0.717, 1.165) is 22.5 Å². The van der Waals surface area contributed by atoms with Crippen LogP contribution in [-0.2, 0) is 4.79 Å². The van der Waals surface area contributed by atoms with Crippen LogP contribution < -0.4 is 5.32 Å². The Labute approximate surface area is 110 Å². The largest absolute Gasteiger partial charge is 0.359 e. The molecule has 1 amide bonds. The number of benzene rings is 1. The van der Waals surface area contributed by atoms with Crippen molar-refractivity contribution in [3.63, 3.8) is 0 Å². The van der Waals surface area contributed by atoms with Crippen LogP contribution >= 0.6 is 0 Å². The molecule has 19 heavy (non-hydrogen) atoms. The molecule has 0 saturated heterocycles. The maximum Gasteiger partial charge on any atom is 0.256 e. The quantitative estimate of drug-likeness (QED) is 0.756. The molecule has 0 spiro atoms. The molecule has 0 radical (unpaired) electrons. The van der Waals surface area contributed by atoms with Crippen LogP contribution in [-0.4, -0.2) is 10.9 Å². The SMILES string of the molecule is Cc1cc(C)c(/C=C2/C(=O)Nc3cc(F)ccc32)[nH]1. The molecule has 0 bridgehead atoms. The minimum Gasteiger partial charge on any atom is -0.359 e. The Morgan fingerprint density at radius 3 is 2.68 bits per heavy atom. The van der Waals surface area contributed by atoms with Gasteiger partial charge >= 0.3 is 0 Å². The van der Waals surface area contributed by atoms with Crippen LogP contribution in [0, 0.1) is 19.7 Å². The average Bonchev–Trinajstić information content (AvgIpc) is 2.80. The summed E-state index contributed by atoms with van der Waals surface area (Å²) in [6.07, 6.45) is 1.81. The van der Waals surface area contributed by atoms with Crippen molar-refractivity contribution in [2.75, 3.05) is 5.32 Å². The van der Waals surface area contributed by atoms with Crippen molar-refractivity contribution in [1.82, 2.24) is 4.98 Å². The molecule has 1 aliphatic heterocycles. The third-order valence-corrected chi connectivity index (χ3v) is 3.24. The van der Waals surface area contributed by atoms with Crippen LogP contribution in [0.25, 0.3) is 11.6 Å². The summed E-state index contributed by atoms with van der Waals surface area (Å²) in [6, 6.07) is 6.34. The zero-order valence-electron chi connectivity index (χ0n) is 10.7. The minimum atomic E-state index is -0.354. The van der Waals surface area contributed by atoms with Gasteiger partial charge in [0.05, 0.1) is 11.3 Å². The molecular weight excluding hydrogens is 243 g/mol. The second-order valence-corrected chi connectivity index (χ2v) is 4.75. The number of aromatic amines is 1. The molecule has 1 aromatic heterocycles. The summed E-state index contributed by atoms with van der Waals surface area (Å²) in [5.41, 5.74) is 4.84. The first-order valence-corrected chi connectivity index (χ1v) is 6.04. The summed E-state index contributed by atoms with van der Waals surface area (Å²) >= 11 is 0. The predicted molar refractivity (Wildman–Crippen MR) is 73.2 cm³/mol. The number of rotatable bonds is 1. The van der Waals surface area contributed by atoms with E-state index in [1.807, 2.05) is 19.9 Å². The smallest absolute Gasteiger partial charge is 0.256 e. The molecular formula is C15H13FN2O. The van der Waals surface area contributed by atoms with Crippen LogP contribution in [0.4, 0.5) is 10.1 Å². The first-order chi connectivity index (χ1) is 9.04. The lowest BCUT2D eigenvalue weighted by molar-refractivity contribution is -0.110. The maximum absolute atomic E-state index is 13.1. The number of fused-ring (bicyclic) bond motifs is 1. The van der Waals surface area contributed by atoms with Crippen molar-refractivity contribution in [2.24, 2.45) is 0 Å². The highest BCUT2D eigenvalue weighted by atomic mass is 19.1. The number of anilines is 1. The number of carbonyl (C=O) groups excluding carboxylic acids is 1. The van der Waals surface area contributed by atoms with Gasteiger partial charge in [0.15, 0.2) is 0 Å². The van der Waals surface area contributed by atoms with E-state index >= 15 is 0 Å². The van der Waals surface area contributed by atoms with Crippen molar-refractivity contribution in [2.45, 2.75) is 13.8 Å². The molecule has 0 fully saturated rings. The highest BCUT2D eigenvalue weighted by Gasteiger charge is 2.24. The van der Waals surface area contributed by atoms with E-state index < -0.39 is 0 Å². The Morgan fingerprint density at radius 1 is 1.21 bits per heavy atom. The summed E-state index contributed by atoms with van der Waals surface area (Å²) in [5.74, 6) is -0.556. The zero-order chi connectivity index (χ0) is 13.6. The Morgan fingerprint density at radius 2 is 2.00 bits per heavy atom. The molecule has 0 unspecified atom stereocenters. The predicted octanol–water partition coefficient (Wildman–Crippen LogP) is 3.26. The molecule has 2 aromatic rings. The molecule has 1 aromatic carbocycles. The number of amides is 1. The Balaban J connectivity index is 2.12. The molecule has 0 aliphatic carbocycles. The molecule has 0 saturated carbocycles. The summed E-state index contributed by atoms with van der Waals surface area (Å²) in [7, 11) is 0. The van der Waals surface area contributed by atoms with Gasteiger partial charge in [-0.2, -0.15) is 0 Å². The third-order valence-electron chi connectivity index (χ3n) is 3.24. The lowest BCUT2D eigenvalue weighted by Crippen LogP contribution is -2.03. The Bertz CT molecular complexity index is 713. The van der Waals surface area contributed by atoms with Crippen molar-refractivity contribution in [1.29, 1.82) is 0 Å². The normalized spacial score (nSPS) is 15.7. The van der Waals surface area contributed by atoms with E-state index in [-0.39, 0.29) is 11.7 Å². The highest BCUT2D eigenvalue weighted by Crippen LogP contribution is 2.33. The fraction of sp³-hybridized carbons (Fsp3) is 0.133. The second kappa shape index (κ2) is 4.09. The van der Waals surface area contributed by atoms with Crippen LogP contribution in [0.1, 0.15) is 22.5 Å². The van der Waals surface area contributed by atoms with Gasteiger partial charge in [-0.25, -0.2) is 4.39 Å². The zero-order valence-corrected chi connectivity index (χ0v) is 10.7. The Hall–Kier alpha value is -2.36. The monoisotopic (exact) mass is 256 g/mol. The second-order valence-electron chi connectivity index (χ2n) is 4.75. The van der Waals surface area contributed by atoms with E-state index in [4.69, 9.17) is 0 Å². The number of carbonyl (C=O) groups is 1. The number of hydrogen-bond acceptors (Lipinski definition) is 1. The fourth-order valence-electron chi connectivity index (χ4n) is 2.35. The summed E-state index contributed by atoms with van der Waals surface area (Å²) < 4.78 is 13.1.